The van der Waals surface area contributed by atoms with Crippen LogP contribution < -0.4 is 10.6 Å². The topological polar surface area (TPSA) is 48.9 Å². The molecular weight excluding hydrogens is 441 g/mol. The fraction of sp³-hybridized carbons (Fsp3) is 0.588. The van der Waals surface area contributed by atoms with Gasteiger partial charge in [-0.3, -0.25) is 4.99 Å². The van der Waals surface area contributed by atoms with Gasteiger partial charge in [0.25, 0.3) is 0 Å². The third kappa shape index (κ3) is 9.91. The van der Waals surface area contributed by atoms with Crippen LogP contribution in [-0.2, 0) is 11.2 Å². The molecule has 0 bridgehead atoms. The lowest BCUT2D eigenvalue weighted by Crippen LogP contribution is -2.41. The number of benzene rings is 1. The molecule has 0 aliphatic heterocycles. The van der Waals surface area contributed by atoms with Crippen LogP contribution in [0.1, 0.15) is 12.0 Å². The maximum Gasteiger partial charge on any atom is 0.191 e. The summed E-state index contributed by atoms with van der Waals surface area (Å²) in [6.45, 7) is 3.73. The third-order valence-electron chi connectivity index (χ3n) is 3.63. The van der Waals surface area contributed by atoms with Crippen LogP contribution in [0, 0.1) is 11.6 Å². The molecule has 0 amide bonds. The first-order chi connectivity index (χ1) is 11.6. The van der Waals surface area contributed by atoms with Crippen molar-refractivity contribution in [2.24, 2.45) is 4.99 Å². The number of methoxy groups -OCH3 is 1. The van der Waals surface area contributed by atoms with Gasteiger partial charge in [-0.25, -0.2) is 8.78 Å². The summed E-state index contributed by atoms with van der Waals surface area (Å²) in [4.78, 5) is 6.31. The lowest BCUT2D eigenvalue weighted by molar-refractivity contribution is 0.180. The van der Waals surface area contributed by atoms with Gasteiger partial charge >= 0.3 is 0 Å². The zero-order valence-electron chi connectivity index (χ0n) is 15.1. The van der Waals surface area contributed by atoms with Crippen molar-refractivity contribution in [1.29, 1.82) is 0 Å². The average molecular weight is 470 g/mol. The molecule has 5 nitrogen and oxygen atoms in total. The van der Waals surface area contributed by atoms with E-state index in [1.165, 1.54) is 18.2 Å². The fourth-order valence-electron chi connectivity index (χ4n) is 2.25. The van der Waals surface area contributed by atoms with Crippen LogP contribution in [0.25, 0.3) is 0 Å². The smallest absolute Gasteiger partial charge is 0.191 e. The monoisotopic (exact) mass is 470 g/mol. The van der Waals surface area contributed by atoms with Crippen LogP contribution in [-0.4, -0.2) is 64.9 Å². The summed E-state index contributed by atoms with van der Waals surface area (Å²) in [5, 5.41) is 6.25. The lowest BCUT2D eigenvalue weighted by Gasteiger charge is -2.18. The van der Waals surface area contributed by atoms with Gasteiger partial charge in [-0.05, 0) is 32.0 Å². The minimum atomic E-state index is -0.516. The van der Waals surface area contributed by atoms with Crippen LogP contribution in [0.4, 0.5) is 8.78 Å². The van der Waals surface area contributed by atoms with Gasteiger partial charge in [-0.2, -0.15) is 0 Å². The Kier molecular flexibility index (Phi) is 13.6. The van der Waals surface area contributed by atoms with E-state index >= 15 is 0 Å². The Balaban J connectivity index is 0.00000576. The highest BCUT2D eigenvalue weighted by molar-refractivity contribution is 14.0. The molecule has 0 atom stereocenters. The molecule has 8 heteroatoms. The highest BCUT2D eigenvalue weighted by atomic mass is 127. The maximum absolute atomic E-state index is 13.5. The van der Waals surface area contributed by atoms with Crippen LogP contribution >= 0.6 is 24.0 Å². The SMILES string of the molecule is CN=C(NCCc1c(F)cccc1F)NCCN(C)CCCOC.I. The Hall–Kier alpha value is -1.00. The number of nitrogens with zero attached hydrogens (tertiary/aromatic N) is 2. The minimum Gasteiger partial charge on any atom is -0.385 e. The molecule has 0 unspecified atom stereocenters. The molecule has 0 spiro atoms. The summed E-state index contributed by atoms with van der Waals surface area (Å²) in [5.74, 6) is -0.410. The van der Waals surface area contributed by atoms with Gasteiger partial charge in [0.15, 0.2) is 5.96 Å². The number of hydrogen-bond acceptors (Lipinski definition) is 3. The van der Waals surface area contributed by atoms with Crippen molar-refractivity contribution < 1.29 is 13.5 Å². The van der Waals surface area contributed by atoms with E-state index in [2.05, 4.69) is 27.6 Å². The Labute approximate surface area is 166 Å². The second-order valence-corrected chi connectivity index (χ2v) is 5.53. The molecule has 0 aliphatic rings. The highest BCUT2D eigenvalue weighted by Gasteiger charge is 2.08. The molecule has 0 saturated heterocycles. The van der Waals surface area contributed by atoms with E-state index in [4.69, 9.17) is 4.74 Å². The highest BCUT2D eigenvalue weighted by Crippen LogP contribution is 2.11. The molecule has 0 fully saturated rings. The average Bonchev–Trinajstić information content (AvgIpc) is 2.56. The van der Waals surface area contributed by atoms with Gasteiger partial charge in [0.2, 0.25) is 0 Å². The van der Waals surface area contributed by atoms with Crippen LogP contribution in [0.3, 0.4) is 0 Å². The van der Waals surface area contributed by atoms with E-state index in [1.807, 2.05) is 0 Å². The number of guanidine groups is 1. The number of nitrogens with one attached hydrogen (secondary N) is 2. The van der Waals surface area contributed by atoms with Crippen molar-refractivity contribution in [3.05, 3.63) is 35.4 Å². The summed E-state index contributed by atoms with van der Waals surface area (Å²) in [5.41, 5.74) is 0.0957. The predicted octanol–water partition coefficient (Wildman–Crippen LogP) is 2.26. The van der Waals surface area contributed by atoms with Crippen LogP contribution in [0.5, 0.6) is 0 Å². The minimum absolute atomic E-state index is 0. The Morgan fingerprint density at radius 2 is 1.80 bits per heavy atom. The molecule has 1 rings (SSSR count). The first-order valence-corrected chi connectivity index (χ1v) is 8.13. The molecule has 0 radical (unpaired) electrons. The fourth-order valence-corrected chi connectivity index (χ4v) is 2.25. The Morgan fingerprint density at radius 3 is 2.40 bits per heavy atom. The van der Waals surface area contributed by atoms with Crippen molar-refractivity contribution in [3.8, 4) is 0 Å². The van der Waals surface area contributed by atoms with Gasteiger partial charge in [-0.1, -0.05) is 6.07 Å². The number of hydrogen-bond donors (Lipinski definition) is 2. The molecule has 0 saturated carbocycles. The quantitative estimate of drug-likeness (QED) is 0.239. The zero-order valence-corrected chi connectivity index (χ0v) is 17.5. The van der Waals surface area contributed by atoms with Gasteiger partial charge in [0, 0.05) is 52.5 Å². The van der Waals surface area contributed by atoms with Crippen molar-refractivity contribution in [3.63, 3.8) is 0 Å². The van der Waals surface area contributed by atoms with E-state index in [-0.39, 0.29) is 36.0 Å². The number of ether oxygens (including phenoxy) is 1. The summed E-state index contributed by atoms with van der Waals surface area (Å²) in [6, 6.07) is 3.90. The molecule has 144 valence electrons. The summed E-state index contributed by atoms with van der Waals surface area (Å²) in [7, 11) is 5.42. The van der Waals surface area contributed by atoms with E-state index in [0.717, 1.165) is 32.7 Å². The summed E-state index contributed by atoms with van der Waals surface area (Å²) < 4.78 is 32.1. The number of halogens is 3. The Morgan fingerprint density at radius 1 is 1.16 bits per heavy atom. The summed E-state index contributed by atoms with van der Waals surface area (Å²) >= 11 is 0. The van der Waals surface area contributed by atoms with Crippen molar-refractivity contribution in [1.82, 2.24) is 15.5 Å². The second kappa shape index (κ2) is 14.2. The Bertz CT molecular complexity index is 497. The van der Waals surface area contributed by atoms with Gasteiger partial charge in [0.05, 0.1) is 0 Å². The van der Waals surface area contributed by atoms with E-state index < -0.39 is 11.6 Å². The molecule has 0 heterocycles. The normalized spacial score (nSPS) is 11.4. The lowest BCUT2D eigenvalue weighted by atomic mass is 10.1. The first kappa shape index (κ1) is 24.0. The number of aliphatic imine (C=N–C) groups is 1. The summed E-state index contributed by atoms with van der Waals surface area (Å²) in [6.07, 6.45) is 1.25. The molecule has 0 aromatic heterocycles. The van der Waals surface area contributed by atoms with Crippen molar-refractivity contribution >= 4 is 29.9 Å². The number of rotatable bonds is 10. The van der Waals surface area contributed by atoms with Crippen LogP contribution in [0.15, 0.2) is 23.2 Å². The van der Waals surface area contributed by atoms with Crippen molar-refractivity contribution in [2.75, 3.05) is 54.0 Å². The van der Waals surface area contributed by atoms with E-state index in [0.29, 0.717) is 12.5 Å². The second-order valence-electron chi connectivity index (χ2n) is 5.53. The maximum atomic E-state index is 13.5. The van der Waals surface area contributed by atoms with E-state index in [1.54, 1.807) is 14.2 Å². The van der Waals surface area contributed by atoms with Gasteiger partial charge < -0.3 is 20.3 Å². The molecule has 25 heavy (non-hydrogen) atoms. The largest absolute Gasteiger partial charge is 0.385 e. The molecular formula is C17H29F2IN4O. The number of likely N-dealkylation sites (N-methyl/N-ethyl adjacent to an activating group) is 1. The van der Waals surface area contributed by atoms with Gasteiger partial charge in [-0.15, -0.1) is 24.0 Å². The zero-order chi connectivity index (χ0) is 17.8. The molecule has 1 aromatic carbocycles. The van der Waals surface area contributed by atoms with Crippen molar-refractivity contribution in [2.45, 2.75) is 12.8 Å². The predicted molar refractivity (Wildman–Crippen MR) is 109 cm³/mol. The standard InChI is InChI=1S/C17H28F2N4O.HI/c1-20-17(22-10-12-23(2)11-5-13-24-3)21-9-8-14-15(18)6-4-7-16(14)19;/h4,6-7H,5,8-13H2,1-3H3,(H2,20,21,22);1H. The third-order valence-corrected chi connectivity index (χ3v) is 3.63. The molecule has 0 aliphatic carbocycles. The molecule has 1 aromatic rings. The first-order valence-electron chi connectivity index (χ1n) is 8.13. The van der Waals surface area contributed by atoms with Crippen LogP contribution in [0.2, 0.25) is 0 Å². The van der Waals surface area contributed by atoms with Gasteiger partial charge in [0.1, 0.15) is 11.6 Å². The molecule has 2 N–H and O–H groups in total. The van der Waals surface area contributed by atoms with E-state index in [9.17, 15) is 8.78 Å².